The van der Waals surface area contributed by atoms with E-state index in [2.05, 4.69) is 5.32 Å². The van der Waals surface area contributed by atoms with Gasteiger partial charge in [-0.3, -0.25) is 10.0 Å². The summed E-state index contributed by atoms with van der Waals surface area (Å²) in [4.78, 5) is 22.4. The van der Waals surface area contributed by atoms with Gasteiger partial charge in [-0.2, -0.15) is 0 Å². The van der Waals surface area contributed by atoms with Crippen molar-refractivity contribution in [2.24, 2.45) is 5.92 Å². The first-order valence-corrected chi connectivity index (χ1v) is 4.53. The highest BCUT2D eigenvalue weighted by Crippen LogP contribution is 2.28. The zero-order chi connectivity index (χ0) is 9.42. The molecule has 13 heavy (non-hydrogen) atoms. The Labute approximate surface area is 75.7 Å². The van der Waals surface area contributed by atoms with Gasteiger partial charge in [0.05, 0.1) is 5.92 Å². The van der Waals surface area contributed by atoms with Gasteiger partial charge >= 0.3 is 6.03 Å². The number of urea groups is 1. The first-order valence-electron chi connectivity index (χ1n) is 4.53. The summed E-state index contributed by atoms with van der Waals surface area (Å²) in [5, 5.41) is 11.9. The molecule has 0 aromatic carbocycles. The van der Waals surface area contributed by atoms with Crippen LogP contribution in [0.25, 0.3) is 0 Å². The Kier molecular flexibility index (Phi) is 1.95. The Bertz CT molecular complexity index is 254. The fraction of sp³-hybridized carbons (Fsp3) is 0.750. The number of amides is 3. The van der Waals surface area contributed by atoms with E-state index in [9.17, 15) is 9.59 Å². The van der Waals surface area contributed by atoms with Crippen LogP contribution in [-0.4, -0.2) is 28.3 Å². The molecule has 1 saturated carbocycles. The molecule has 1 aliphatic carbocycles. The van der Waals surface area contributed by atoms with Crippen molar-refractivity contribution in [3.05, 3.63) is 0 Å². The largest absolute Gasteiger partial charge is 0.348 e. The van der Waals surface area contributed by atoms with Crippen LogP contribution in [0.2, 0.25) is 0 Å². The molecule has 72 valence electrons. The van der Waals surface area contributed by atoms with Crippen LogP contribution >= 0.6 is 0 Å². The molecule has 0 bridgehead atoms. The highest BCUT2D eigenvalue weighted by molar-refractivity contribution is 5.97. The highest BCUT2D eigenvalue weighted by Gasteiger charge is 2.41. The third-order valence-corrected chi connectivity index (χ3v) is 2.79. The van der Waals surface area contributed by atoms with Crippen molar-refractivity contribution in [1.82, 2.24) is 10.4 Å². The molecule has 2 atom stereocenters. The number of rotatable bonds is 0. The van der Waals surface area contributed by atoms with Crippen molar-refractivity contribution in [1.29, 1.82) is 0 Å². The van der Waals surface area contributed by atoms with Crippen LogP contribution in [0.4, 0.5) is 4.79 Å². The van der Waals surface area contributed by atoms with Crippen LogP contribution in [0.1, 0.15) is 25.7 Å². The highest BCUT2D eigenvalue weighted by atomic mass is 16.5. The predicted molar refractivity (Wildman–Crippen MR) is 42.9 cm³/mol. The zero-order valence-corrected chi connectivity index (χ0v) is 7.19. The SMILES string of the molecule is O=C1N[C@@H]2CCCC[C@H]2C(=O)N1O. The average molecular weight is 184 g/mol. The molecule has 0 aromatic rings. The summed E-state index contributed by atoms with van der Waals surface area (Å²) in [6, 6.07) is -0.745. The molecule has 5 nitrogen and oxygen atoms in total. The van der Waals surface area contributed by atoms with E-state index < -0.39 is 11.9 Å². The first kappa shape index (κ1) is 8.50. The van der Waals surface area contributed by atoms with Gasteiger partial charge in [0.2, 0.25) is 0 Å². The first-order chi connectivity index (χ1) is 6.20. The van der Waals surface area contributed by atoms with E-state index in [-0.39, 0.29) is 17.0 Å². The van der Waals surface area contributed by atoms with E-state index in [1.807, 2.05) is 0 Å². The lowest BCUT2D eigenvalue weighted by atomic mass is 9.83. The van der Waals surface area contributed by atoms with Crippen LogP contribution < -0.4 is 5.32 Å². The van der Waals surface area contributed by atoms with E-state index >= 15 is 0 Å². The second-order valence-corrected chi connectivity index (χ2v) is 3.60. The summed E-state index contributed by atoms with van der Waals surface area (Å²) in [7, 11) is 0. The van der Waals surface area contributed by atoms with Gasteiger partial charge in [-0.15, -0.1) is 5.06 Å². The number of imide groups is 1. The minimum atomic E-state index is -0.687. The van der Waals surface area contributed by atoms with E-state index in [1.54, 1.807) is 0 Å². The number of carbonyl (C=O) groups excluding carboxylic acids is 2. The molecule has 5 heteroatoms. The maximum atomic E-state index is 11.4. The smallest absolute Gasteiger partial charge is 0.332 e. The summed E-state index contributed by atoms with van der Waals surface area (Å²) < 4.78 is 0. The number of fused-ring (bicyclic) bond motifs is 1. The second-order valence-electron chi connectivity index (χ2n) is 3.60. The summed E-state index contributed by atoms with van der Waals surface area (Å²) in [6.07, 6.45) is 3.65. The molecular formula is C8H12N2O3. The lowest BCUT2D eigenvalue weighted by molar-refractivity contribution is -0.163. The topological polar surface area (TPSA) is 69.6 Å². The van der Waals surface area contributed by atoms with E-state index in [0.717, 1.165) is 25.7 Å². The van der Waals surface area contributed by atoms with Gasteiger partial charge in [0, 0.05) is 6.04 Å². The Morgan fingerprint density at radius 3 is 2.77 bits per heavy atom. The lowest BCUT2D eigenvalue weighted by Gasteiger charge is -2.37. The Hall–Kier alpha value is -1.10. The molecule has 3 amide bonds. The molecule has 0 spiro atoms. The van der Waals surface area contributed by atoms with Crippen LogP contribution in [0.3, 0.4) is 0 Å². The molecule has 0 unspecified atom stereocenters. The summed E-state index contributed by atoms with van der Waals surface area (Å²) >= 11 is 0. The van der Waals surface area contributed by atoms with Crippen molar-refractivity contribution < 1.29 is 14.8 Å². The number of hydrogen-bond acceptors (Lipinski definition) is 3. The average Bonchev–Trinajstić information content (AvgIpc) is 2.15. The maximum Gasteiger partial charge on any atom is 0.348 e. The van der Waals surface area contributed by atoms with Crippen LogP contribution in [0.15, 0.2) is 0 Å². The minimum absolute atomic E-state index is 0.0582. The van der Waals surface area contributed by atoms with Crippen LogP contribution in [-0.2, 0) is 4.79 Å². The summed E-state index contributed by atoms with van der Waals surface area (Å²) in [5.74, 6) is -0.662. The third kappa shape index (κ3) is 1.29. The Morgan fingerprint density at radius 1 is 1.31 bits per heavy atom. The predicted octanol–water partition coefficient (Wildman–Crippen LogP) is 0.486. The molecule has 2 N–H and O–H groups in total. The summed E-state index contributed by atoms with van der Waals surface area (Å²) in [6.45, 7) is 0. The van der Waals surface area contributed by atoms with E-state index in [4.69, 9.17) is 5.21 Å². The van der Waals surface area contributed by atoms with Gasteiger partial charge in [-0.1, -0.05) is 12.8 Å². The number of nitrogens with zero attached hydrogens (tertiary/aromatic N) is 1. The van der Waals surface area contributed by atoms with Crippen LogP contribution in [0.5, 0.6) is 0 Å². The summed E-state index contributed by atoms with van der Waals surface area (Å²) in [5.41, 5.74) is 0. The normalized spacial score (nSPS) is 34.1. The monoisotopic (exact) mass is 184 g/mol. The molecule has 1 saturated heterocycles. The molecule has 0 radical (unpaired) electrons. The number of hydrogen-bond donors (Lipinski definition) is 2. The molecule has 2 aliphatic rings. The number of carbonyl (C=O) groups is 2. The molecule has 1 aliphatic heterocycles. The van der Waals surface area contributed by atoms with Crippen molar-refractivity contribution in [3.8, 4) is 0 Å². The minimum Gasteiger partial charge on any atom is -0.332 e. The molecular weight excluding hydrogens is 172 g/mol. The van der Waals surface area contributed by atoms with Gasteiger partial charge in [-0.05, 0) is 12.8 Å². The third-order valence-electron chi connectivity index (χ3n) is 2.79. The van der Waals surface area contributed by atoms with E-state index in [0.29, 0.717) is 0 Å². The fourth-order valence-corrected chi connectivity index (χ4v) is 2.08. The Balaban J connectivity index is 2.17. The van der Waals surface area contributed by atoms with Gasteiger partial charge in [0.15, 0.2) is 0 Å². The molecule has 2 fully saturated rings. The standard InChI is InChI=1S/C8H12N2O3/c11-7-5-3-1-2-4-6(5)9-8(12)10(7)13/h5-6,13H,1-4H2,(H,9,12)/t5-,6-/m1/s1. The van der Waals surface area contributed by atoms with Crippen molar-refractivity contribution >= 4 is 11.9 Å². The zero-order valence-electron chi connectivity index (χ0n) is 7.19. The van der Waals surface area contributed by atoms with Gasteiger partial charge in [0.25, 0.3) is 5.91 Å². The van der Waals surface area contributed by atoms with Gasteiger partial charge in [0.1, 0.15) is 0 Å². The Morgan fingerprint density at radius 2 is 2.00 bits per heavy atom. The van der Waals surface area contributed by atoms with Crippen LogP contribution in [0, 0.1) is 5.92 Å². The van der Waals surface area contributed by atoms with Crippen molar-refractivity contribution in [2.75, 3.05) is 0 Å². The molecule has 1 heterocycles. The fourth-order valence-electron chi connectivity index (χ4n) is 2.08. The number of nitrogens with one attached hydrogen (secondary N) is 1. The van der Waals surface area contributed by atoms with E-state index in [1.165, 1.54) is 0 Å². The van der Waals surface area contributed by atoms with Gasteiger partial charge in [-0.25, -0.2) is 4.79 Å². The molecule has 2 rings (SSSR count). The second kappa shape index (κ2) is 2.99. The van der Waals surface area contributed by atoms with Crippen molar-refractivity contribution in [2.45, 2.75) is 31.7 Å². The van der Waals surface area contributed by atoms with Gasteiger partial charge < -0.3 is 5.32 Å². The van der Waals surface area contributed by atoms with Crippen molar-refractivity contribution in [3.63, 3.8) is 0 Å². The maximum absolute atomic E-state index is 11.4. The number of hydroxylamine groups is 2. The lowest BCUT2D eigenvalue weighted by Crippen LogP contribution is -2.59. The molecule has 0 aromatic heterocycles. The quantitative estimate of drug-likeness (QED) is 0.538.